The first-order chi connectivity index (χ1) is 14.4. The zero-order valence-corrected chi connectivity index (χ0v) is 18.6. The first-order valence-electron chi connectivity index (χ1n) is 9.58. The molecule has 164 valence electrons. The molecule has 1 atom stereocenters. The summed E-state index contributed by atoms with van der Waals surface area (Å²) >= 11 is 6.06. The van der Waals surface area contributed by atoms with Crippen molar-refractivity contribution >= 4 is 17.7 Å². The third kappa shape index (κ3) is 5.38. The largest absolute Gasteiger partial charge is 0.444 e. The van der Waals surface area contributed by atoms with Crippen LogP contribution in [0.1, 0.15) is 39.4 Å². The molecule has 3 rings (SSSR count). The average Bonchev–Trinajstić information content (AvgIpc) is 3.04. The molecule has 6 nitrogen and oxygen atoms in total. The van der Waals surface area contributed by atoms with E-state index in [2.05, 4.69) is 15.4 Å². The summed E-state index contributed by atoms with van der Waals surface area (Å²) in [4.78, 5) is 16.1. The molecule has 0 aliphatic heterocycles. The Morgan fingerprint density at radius 3 is 2.45 bits per heavy atom. The van der Waals surface area contributed by atoms with Crippen LogP contribution in [0.15, 0.2) is 36.8 Å². The first kappa shape index (κ1) is 22.7. The minimum atomic E-state index is -0.738. The molecular formula is C22H23ClF2N4O2. The third-order valence-corrected chi connectivity index (χ3v) is 4.59. The molecule has 3 aromatic rings. The van der Waals surface area contributed by atoms with Crippen molar-refractivity contribution in [3.63, 3.8) is 0 Å². The highest BCUT2D eigenvalue weighted by atomic mass is 35.5. The highest BCUT2D eigenvalue weighted by Gasteiger charge is 2.22. The summed E-state index contributed by atoms with van der Waals surface area (Å²) in [7, 11) is 1.71. The Kier molecular flexibility index (Phi) is 6.31. The minimum absolute atomic E-state index is 0.0278. The van der Waals surface area contributed by atoms with Crippen molar-refractivity contribution in [2.75, 3.05) is 0 Å². The number of halogens is 3. The average molecular weight is 449 g/mol. The molecule has 0 saturated carbocycles. The number of benzene rings is 1. The molecule has 1 amide bonds. The molecule has 0 aliphatic rings. The van der Waals surface area contributed by atoms with Gasteiger partial charge in [0.15, 0.2) is 0 Å². The normalized spacial score (nSPS) is 12.5. The summed E-state index contributed by atoms with van der Waals surface area (Å²) < 4.78 is 36.4. The molecule has 0 radical (unpaired) electrons. The summed E-state index contributed by atoms with van der Waals surface area (Å²) in [6.45, 7) is 6.79. The Hall–Kier alpha value is -3.00. The number of aryl methyl sites for hydroxylation is 1. The zero-order chi connectivity index (χ0) is 22.9. The van der Waals surface area contributed by atoms with E-state index in [1.807, 2.05) is 0 Å². The van der Waals surface area contributed by atoms with Gasteiger partial charge in [-0.3, -0.25) is 9.67 Å². The molecule has 1 N–H and O–H groups in total. The SMILES string of the molecule is CC(NC(=O)OC(C)(C)C)c1ncc(-c2cc(Cl)cc(F)c2-c2cnn(C)c2)cc1F. The van der Waals surface area contributed by atoms with E-state index in [0.29, 0.717) is 16.7 Å². The van der Waals surface area contributed by atoms with Gasteiger partial charge in [0.1, 0.15) is 17.2 Å². The predicted molar refractivity (Wildman–Crippen MR) is 115 cm³/mol. The Labute approximate surface area is 184 Å². The molecule has 0 saturated heterocycles. The number of amides is 1. The van der Waals surface area contributed by atoms with E-state index in [0.717, 1.165) is 0 Å². The number of rotatable bonds is 4. The standard InChI is InChI=1S/C22H23ClF2N4O2/c1-12(28-21(30)31-22(2,3)4)20-18(25)6-13(9-26-20)16-7-15(23)8-17(24)19(16)14-10-27-29(5)11-14/h6-12H,1-5H3,(H,28,30). The monoisotopic (exact) mass is 448 g/mol. The Balaban J connectivity index is 1.96. The van der Waals surface area contributed by atoms with E-state index in [9.17, 15) is 13.6 Å². The zero-order valence-electron chi connectivity index (χ0n) is 17.8. The van der Waals surface area contributed by atoms with Gasteiger partial charge >= 0.3 is 6.09 Å². The molecule has 2 heterocycles. The number of hydrogen-bond donors (Lipinski definition) is 1. The number of pyridine rings is 1. The number of alkyl carbamates (subject to hydrolysis) is 1. The van der Waals surface area contributed by atoms with Crippen molar-refractivity contribution in [1.29, 1.82) is 0 Å². The Bertz CT molecular complexity index is 1130. The molecular weight excluding hydrogens is 426 g/mol. The number of hydrogen-bond acceptors (Lipinski definition) is 4. The van der Waals surface area contributed by atoms with Crippen LogP contribution in [0, 0.1) is 11.6 Å². The maximum absolute atomic E-state index is 14.9. The van der Waals surface area contributed by atoms with E-state index in [1.54, 1.807) is 51.7 Å². The molecule has 1 aromatic carbocycles. The lowest BCUT2D eigenvalue weighted by molar-refractivity contribution is 0.0506. The summed E-state index contributed by atoms with van der Waals surface area (Å²) in [6, 6.07) is 3.24. The lowest BCUT2D eigenvalue weighted by Crippen LogP contribution is -2.34. The highest BCUT2D eigenvalue weighted by molar-refractivity contribution is 6.31. The molecule has 0 aliphatic carbocycles. The molecule has 2 aromatic heterocycles. The van der Waals surface area contributed by atoms with Crippen LogP contribution < -0.4 is 5.32 Å². The summed E-state index contributed by atoms with van der Waals surface area (Å²) in [5.41, 5.74) is 0.830. The van der Waals surface area contributed by atoms with Crippen LogP contribution in [-0.4, -0.2) is 26.5 Å². The predicted octanol–water partition coefficient (Wildman–Crippen LogP) is 5.67. The second kappa shape index (κ2) is 8.63. The van der Waals surface area contributed by atoms with Gasteiger partial charge in [0.05, 0.1) is 17.9 Å². The summed E-state index contributed by atoms with van der Waals surface area (Å²) in [6.07, 6.45) is 3.90. The molecule has 0 bridgehead atoms. The van der Waals surface area contributed by atoms with E-state index in [1.165, 1.54) is 24.5 Å². The van der Waals surface area contributed by atoms with Gasteiger partial charge in [-0.05, 0) is 51.5 Å². The van der Waals surface area contributed by atoms with E-state index >= 15 is 0 Å². The molecule has 9 heteroatoms. The fraction of sp³-hybridized carbons (Fsp3) is 0.318. The molecule has 0 spiro atoms. The van der Waals surface area contributed by atoms with Gasteiger partial charge in [0, 0.05) is 41.2 Å². The number of ether oxygens (including phenoxy) is 1. The fourth-order valence-electron chi connectivity index (χ4n) is 3.11. The topological polar surface area (TPSA) is 69.0 Å². The van der Waals surface area contributed by atoms with E-state index in [-0.39, 0.29) is 16.3 Å². The third-order valence-electron chi connectivity index (χ3n) is 4.37. The van der Waals surface area contributed by atoms with Crippen LogP contribution in [-0.2, 0) is 11.8 Å². The van der Waals surface area contributed by atoms with Crippen molar-refractivity contribution in [2.24, 2.45) is 7.05 Å². The number of carbonyl (C=O) groups excluding carboxylic acids is 1. The number of nitrogens with zero attached hydrogens (tertiary/aromatic N) is 3. The maximum Gasteiger partial charge on any atom is 0.408 e. The van der Waals surface area contributed by atoms with Crippen LogP contribution in [0.4, 0.5) is 13.6 Å². The van der Waals surface area contributed by atoms with Crippen LogP contribution in [0.25, 0.3) is 22.3 Å². The molecule has 1 unspecified atom stereocenters. The van der Waals surface area contributed by atoms with Crippen molar-refractivity contribution in [3.8, 4) is 22.3 Å². The van der Waals surface area contributed by atoms with Crippen molar-refractivity contribution in [3.05, 3.63) is 59.1 Å². The Morgan fingerprint density at radius 2 is 1.87 bits per heavy atom. The highest BCUT2D eigenvalue weighted by Crippen LogP contribution is 2.37. The molecule has 31 heavy (non-hydrogen) atoms. The smallest absolute Gasteiger partial charge is 0.408 e. The number of nitrogens with one attached hydrogen (secondary N) is 1. The van der Waals surface area contributed by atoms with Gasteiger partial charge in [-0.25, -0.2) is 13.6 Å². The quantitative estimate of drug-likeness (QED) is 0.558. The first-order valence-corrected chi connectivity index (χ1v) is 9.96. The van der Waals surface area contributed by atoms with Crippen molar-refractivity contribution in [2.45, 2.75) is 39.3 Å². The van der Waals surface area contributed by atoms with Gasteiger partial charge in [0.2, 0.25) is 0 Å². The number of aromatic nitrogens is 3. The summed E-state index contributed by atoms with van der Waals surface area (Å²) in [5, 5.41) is 6.80. The van der Waals surface area contributed by atoms with Gasteiger partial charge < -0.3 is 10.1 Å². The van der Waals surface area contributed by atoms with Gasteiger partial charge in [-0.15, -0.1) is 0 Å². The summed E-state index contributed by atoms with van der Waals surface area (Å²) in [5.74, 6) is -1.21. The number of carbonyl (C=O) groups is 1. The van der Waals surface area contributed by atoms with E-state index < -0.39 is 29.4 Å². The lowest BCUT2D eigenvalue weighted by Gasteiger charge is -2.22. The van der Waals surface area contributed by atoms with Crippen LogP contribution in [0.2, 0.25) is 5.02 Å². The lowest BCUT2D eigenvalue weighted by atomic mass is 9.96. The van der Waals surface area contributed by atoms with E-state index in [4.69, 9.17) is 16.3 Å². The molecule has 0 fully saturated rings. The van der Waals surface area contributed by atoms with Gasteiger partial charge in [0.25, 0.3) is 0 Å². The second-order valence-corrected chi connectivity index (χ2v) is 8.61. The Morgan fingerprint density at radius 1 is 1.16 bits per heavy atom. The second-order valence-electron chi connectivity index (χ2n) is 8.17. The fourth-order valence-corrected chi connectivity index (χ4v) is 3.32. The van der Waals surface area contributed by atoms with Gasteiger partial charge in [-0.1, -0.05) is 11.6 Å². The minimum Gasteiger partial charge on any atom is -0.444 e. The van der Waals surface area contributed by atoms with Crippen LogP contribution >= 0.6 is 11.6 Å². The van der Waals surface area contributed by atoms with Crippen LogP contribution in [0.5, 0.6) is 0 Å². The van der Waals surface area contributed by atoms with Crippen molar-refractivity contribution in [1.82, 2.24) is 20.1 Å². The maximum atomic E-state index is 14.9. The van der Waals surface area contributed by atoms with Crippen molar-refractivity contribution < 1.29 is 18.3 Å². The van der Waals surface area contributed by atoms with Crippen LogP contribution in [0.3, 0.4) is 0 Å². The van der Waals surface area contributed by atoms with Gasteiger partial charge in [-0.2, -0.15) is 5.10 Å².